The number of non-ortho nitro benzene ring substituents is 1. The van der Waals surface area contributed by atoms with E-state index < -0.39 is 16.7 Å². The van der Waals surface area contributed by atoms with Crippen molar-refractivity contribution in [1.82, 2.24) is 16.2 Å². The number of hydrogen-bond donors (Lipinski definition) is 3. The van der Waals surface area contributed by atoms with Crippen LogP contribution < -0.4 is 20.9 Å². The number of thiocarbonyl (C=S) groups is 1. The van der Waals surface area contributed by atoms with E-state index >= 15 is 0 Å². The second kappa shape index (κ2) is 9.42. The molecule has 0 heterocycles. The van der Waals surface area contributed by atoms with Crippen LogP contribution in [0, 0.1) is 10.1 Å². The minimum Gasteiger partial charge on any atom is -0.491 e. The van der Waals surface area contributed by atoms with Crippen LogP contribution in [0.4, 0.5) is 5.69 Å². The molecule has 0 atom stereocenters. The molecule has 0 saturated heterocycles. The van der Waals surface area contributed by atoms with E-state index in [0.717, 1.165) is 0 Å². The van der Waals surface area contributed by atoms with Gasteiger partial charge < -0.3 is 4.74 Å². The van der Waals surface area contributed by atoms with Crippen LogP contribution in [0.25, 0.3) is 0 Å². The Bertz CT molecular complexity index is 899. The molecule has 3 N–H and O–H groups in total. The summed E-state index contributed by atoms with van der Waals surface area (Å²) in [5.41, 5.74) is 5.10. The molecule has 146 valence electrons. The summed E-state index contributed by atoms with van der Waals surface area (Å²) in [6.45, 7) is 3.75. The molecule has 28 heavy (non-hydrogen) atoms. The highest BCUT2D eigenvalue weighted by molar-refractivity contribution is 7.80. The van der Waals surface area contributed by atoms with Gasteiger partial charge in [-0.05, 0) is 56.4 Å². The quantitative estimate of drug-likeness (QED) is 0.398. The third kappa shape index (κ3) is 6.02. The predicted octanol–water partition coefficient (Wildman–Crippen LogP) is 2.33. The van der Waals surface area contributed by atoms with Gasteiger partial charge in [0.2, 0.25) is 0 Å². The van der Waals surface area contributed by atoms with E-state index in [-0.39, 0.29) is 22.5 Å². The molecule has 0 unspecified atom stereocenters. The topological polar surface area (TPSA) is 123 Å². The molecule has 2 aromatic carbocycles. The molecule has 2 amide bonds. The lowest BCUT2D eigenvalue weighted by atomic mass is 10.2. The molecule has 0 radical (unpaired) electrons. The number of carbonyl (C=O) groups is 2. The van der Waals surface area contributed by atoms with Gasteiger partial charge in [-0.2, -0.15) is 0 Å². The van der Waals surface area contributed by atoms with E-state index in [4.69, 9.17) is 17.0 Å². The SMILES string of the molecule is CC(C)Oc1cccc(C(=O)NC(=S)NNC(=O)c2ccc([N+](=O)[O-])cc2)c1. The fraction of sp³-hybridized carbons (Fsp3) is 0.167. The summed E-state index contributed by atoms with van der Waals surface area (Å²) in [4.78, 5) is 34.3. The second-order valence-corrected chi connectivity index (χ2v) is 6.27. The number of nitro groups is 1. The number of amides is 2. The Morgan fingerprint density at radius 3 is 2.32 bits per heavy atom. The van der Waals surface area contributed by atoms with Crippen molar-refractivity contribution in [1.29, 1.82) is 0 Å². The van der Waals surface area contributed by atoms with Crippen LogP contribution in [-0.2, 0) is 0 Å². The molecule has 0 spiro atoms. The Kier molecular flexibility index (Phi) is 6.99. The molecule has 0 aliphatic heterocycles. The summed E-state index contributed by atoms with van der Waals surface area (Å²) in [5.74, 6) is -0.497. The number of benzene rings is 2. The summed E-state index contributed by atoms with van der Waals surface area (Å²) in [5, 5.41) is 12.9. The smallest absolute Gasteiger partial charge is 0.269 e. The Morgan fingerprint density at radius 2 is 1.71 bits per heavy atom. The Hall–Kier alpha value is -3.53. The molecule has 10 heteroatoms. The average Bonchev–Trinajstić information content (AvgIpc) is 2.65. The zero-order valence-corrected chi connectivity index (χ0v) is 15.9. The number of nitrogens with zero attached hydrogens (tertiary/aromatic N) is 1. The number of hydrogen-bond acceptors (Lipinski definition) is 6. The fourth-order valence-electron chi connectivity index (χ4n) is 2.11. The third-order valence-electron chi connectivity index (χ3n) is 3.32. The van der Waals surface area contributed by atoms with Crippen LogP contribution in [0.5, 0.6) is 5.75 Å². The first-order valence-corrected chi connectivity index (χ1v) is 8.60. The van der Waals surface area contributed by atoms with Gasteiger partial charge in [0.05, 0.1) is 11.0 Å². The van der Waals surface area contributed by atoms with Crippen molar-refractivity contribution in [2.24, 2.45) is 0 Å². The summed E-state index contributed by atoms with van der Waals surface area (Å²) < 4.78 is 5.53. The van der Waals surface area contributed by atoms with Crippen LogP contribution in [0.1, 0.15) is 34.6 Å². The highest BCUT2D eigenvalue weighted by Gasteiger charge is 2.12. The van der Waals surface area contributed by atoms with Crippen molar-refractivity contribution < 1.29 is 19.2 Å². The zero-order chi connectivity index (χ0) is 20.7. The second-order valence-electron chi connectivity index (χ2n) is 5.86. The van der Waals surface area contributed by atoms with Crippen molar-refractivity contribution >= 4 is 34.8 Å². The molecule has 9 nitrogen and oxygen atoms in total. The molecular weight excluding hydrogens is 384 g/mol. The molecule has 0 saturated carbocycles. The normalized spacial score (nSPS) is 10.1. The Balaban J connectivity index is 1.88. The first-order chi connectivity index (χ1) is 13.3. The molecule has 0 fully saturated rings. The van der Waals surface area contributed by atoms with Crippen molar-refractivity contribution in [3.8, 4) is 5.75 Å². The summed E-state index contributed by atoms with van der Waals surface area (Å²) >= 11 is 4.98. The van der Waals surface area contributed by atoms with Crippen LogP contribution in [-0.4, -0.2) is 28.0 Å². The van der Waals surface area contributed by atoms with Gasteiger partial charge in [0.15, 0.2) is 5.11 Å². The molecule has 0 aliphatic carbocycles. The van der Waals surface area contributed by atoms with E-state index in [1.54, 1.807) is 24.3 Å². The number of hydrazine groups is 1. The highest BCUT2D eigenvalue weighted by Crippen LogP contribution is 2.15. The zero-order valence-electron chi connectivity index (χ0n) is 15.1. The number of carbonyl (C=O) groups excluding carboxylic acids is 2. The van der Waals surface area contributed by atoms with E-state index in [0.29, 0.717) is 11.3 Å². The molecule has 0 aliphatic rings. The molecule has 2 rings (SSSR count). The van der Waals surface area contributed by atoms with Gasteiger partial charge in [0.1, 0.15) is 5.75 Å². The minimum absolute atomic E-state index is 0.0318. The summed E-state index contributed by atoms with van der Waals surface area (Å²) in [7, 11) is 0. The van der Waals surface area contributed by atoms with Gasteiger partial charge in [-0.25, -0.2) is 0 Å². The lowest BCUT2D eigenvalue weighted by Gasteiger charge is -2.12. The standard InChI is InChI=1S/C18H18N4O5S/c1-11(2)27-15-5-3-4-13(10-15)16(23)19-18(28)21-20-17(24)12-6-8-14(9-7-12)22(25)26/h3-11H,1-2H3,(H,20,24)(H2,19,21,23,28). The van der Waals surface area contributed by atoms with Gasteiger partial charge in [-0.1, -0.05) is 6.07 Å². The van der Waals surface area contributed by atoms with Crippen LogP contribution in [0.3, 0.4) is 0 Å². The highest BCUT2D eigenvalue weighted by atomic mass is 32.1. The van der Waals surface area contributed by atoms with Crippen molar-refractivity contribution in [2.75, 3.05) is 0 Å². The average molecular weight is 402 g/mol. The number of rotatable bonds is 5. The summed E-state index contributed by atoms with van der Waals surface area (Å²) in [6, 6.07) is 11.6. The largest absolute Gasteiger partial charge is 0.491 e. The Labute approximate surface area is 166 Å². The van der Waals surface area contributed by atoms with Crippen molar-refractivity contribution in [3.05, 3.63) is 69.8 Å². The lowest BCUT2D eigenvalue weighted by Crippen LogP contribution is -2.48. The van der Waals surface area contributed by atoms with Gasteiger partial charge in [0.25, 0.3) is 17.5 Å². The lowest BCUT2D eigenvalue weighted by molar-refractivity contribution is -0.384. The maximum Gasteiger partial charge on any atom is 0.269 e. The van der Waals surface area contributed by atoms with E-state index in [1.807, 2.05) is 13.8 Å². The molecule has 0 aromatic heterocycles. The maximum absolute atomic E-state index is 12.2. The van der Waals surface area contributed by atoms with E-state index in [9.17, 15) is 19.7 Å². The monoisotopic (exact) mass is 402 g/mol. The van der Waals surface area contributed by atoms with Gasteiger partial charge >= 0.3 is 0 Å². The minimum atomic E-state index is -0.571. The van der Waals surface area contributed by atoms with Crippen LogP contribution in [0.2, 0.25) is 0 Å². The third-order valence-corrected chi connectivity index (χ3v) is 3.53. The van der Waals surface area contributed by atoms with Crippen molar-refractivity contribution in [2.45, 2.75) is 20.0 Å². The van der Waals surface area contributed by atoms with Crippen LogP contribution >= 0.6 is 12.2 Å². The number of nitrogens with one attached hydrogen (secondary N) is 3. The van der Waals surface area contributed by atoms with Gasteiger partial charge in [-0.15, -0.1) is 0 Å². The molecular formula is C18H18N4O5S. The van der Waals surface area contributed by atoms with Crippen molar-refractivity contribution in [3.63, 3.8) is 0 Å². The molecule has 0 bridgehead atoms. The van der Waals surface area contributed by atoms with E-state index in [1.165, 1.54) is 24.3 Å². The Morgan fingerprint density at radius 1 is 1.04 bits per heavy atom. The maximum atomic E-state index is 12.2. The number of nitro benzene ring substituents is 1. The molecule has 2 aromatic rings. The predicted molar refractivity (Wildman–Crippen MR) is 106 cm³/mol. The summed E-state index contributed by atoms with van der Waals surface area (Å²) in [6.07, 6.45) is -0.0318. The van der Waals surface area contributed by atoms with Gasteiger partial charge in [-0.3, -0.25) is 35.9 Å². The van der Waals surface area contributed by atoms with Crippen LogP contribution in [0.15, 0.2) is 48.5 Å². The first kappa shape index (κ1) is 20.8. The fourth-order valence-corrected chi connectivity index (χ4v) is 2.25. The number of ether oxygens (including phenoxy) is 1. The first-order valence-electron chi connectivity index (χ1n) is 8.19. The van der Waals surface area contributed by atoms with Gasteiger partial charge in [0, 0.05) is 23.3 Å². The van der Waals surface area contributed by atoms with E-state index in [2.05, 4.69) is 16.2 Å².